The zero-order chi connectivity index (χ0) is 6.85. The second-order valence-corrected chi connectivity index (χ2v) is 1.54. The molecule has 0 spiro atoms. The largest absolute Gasteiger partial charge is 0.521 e. The average molecular weight is 130 g/mol. The Morgan fingerprint density at radius 1 is 1.56 bits per heavy atom. The highest BCUT2D eigenvalue weighted by Gasteiger charge is 2.06. The molecule has 0 bridgehead atoms. The fraction of sp³-hybridized carbons (Fsp3) is 0.400. The van der Waals surface area contributed by atoms with Gasteiger partial charge in [0, 0.05) is 6.42 Å². The lowest BCUT2D eigenvalue weighted by molar-refractivity contribution is 0.303. The maximum absolute atomic E-state index is 10.2. The summed E-state index contributed by atoms with van der Waals surface area (Å²) >= 11 is 0. The van der Waals surface area contributed by atoms with Crippen molar-refractivity contribution < 1.29 is 13.9 Å². The van der Waals surface area contributed by atoms with Crippen LogP contribution in [0.1, 0.15) is 12.7 Å². The second-order valence-electron chi connectivity index (χ2n) is 1.54. The Bertz CT molecular complexity index is 244. The topological polar surface area (TPSA) is 63.6 Å². The van der Waals surface area contributed by atoms with Crippen LogP contribution in [0.15, 0.2) is 13.6 Å². The molecule has 9 heavy (non-hydrogen) atoms. The van der Waals surface area contributed by atoms with Crippen molar-refractivity contribution in [2.75, 3.05) is 0 Å². The lowest BCUT2D eigenvalue weighted by Gasteiger charge is -1.81. The molecule has 0 saturated carbocycles. The summed E-state index contributed by atoms with van der Waals surface area (Å²) < 4.78 is 8.53. The molecule has 0 aliphatic heterocycles. The van der Waals surface area contributed by atoms with Gasteiger partial charge in [0.1, 0.15) is 0 Å². The summed E-state index contributed by atoms with van der Waals surface area (Å²) in [4.78, 5) is 10.2. The van der Waals surface area contributed by atoms with E-state index in [4.69, 9.17) is 5.11 Å². The van der Waals surface area contributed by atoms with E-state index in [1.165, 1.54) is 0 Å². The van der Waals surface area contributed by atoms with Gasteiger partial charge in [-0.25, -0.2) is 4.79 Å². The lowest BCUT2D eigenvalue weighted by Crippen LogP contribution is -1.85. The SMILES string of the molecule is CCc1oc(=O)oc1O. The standard InChI is InChI=1S/C5H6O4/c1-2-3-4(6)9-5(7)8-3/h6H,2H2,1H3. The van der Waals surface area contributed by atoms with Gasteiger partial charge < -0.3 is 13.9 Å². The molecule has 0 aromatic carbocycles. The van der Waals surface area contributed by atoms with Crippen molar-refractivity contribution in [3.05, 3.63) is 16.4 Å². The van der Waals surface area contributed by atoms with Gasteiger partial charge in [-0.3, -0.25) is 0 Å². The summed E-state index contributed by atoms with van der Waals surface area (Å²) in [6.07, 6.45) is 0.456. The molecule has 0 saturated heterocycles. The molecule has 0 aliphatic carbocycles. The lowest BCUT2D eigenvalue weighted by atomic mass is 10.4. The van der Waals surface area contributed by atoms with Crippen LogP contribution < -0.4 is 5.82 Å². The number of aryl methyl sites for hydroxylation is 1. The van der Waals surface area contributed by atoms with Gasteiger partial charge >= 0.3 is 11.8 Å². The minimum absolute atomic E-state index is 0.194. The Kier molecular flexibility index (Phi) is 1.30. The molecule has 50 valence electrons. The Labute approximate surface area is 50.7 Å². The van der Waals surface area contributed by atoms with Crippen molar-refractivity contribution in [3.63, 3.8) is 0 Å². The monoisotopic (exact) mass is 130 g/mol. The summed E-state index contributed by atoms with van der Waals surface area (Å²) in [7, 11) is 0. The van der Waals surface area contributed by atoms with E-state index in [1.807, 2.05) is 0 Å². The van der Waals surface area contributed by atoms with Crippen LogP contribution in [-0.2, 0) is 6.42 Å². The molecular formula is C5H6O4. The smallest absolute Gasteiger partial charge is 0.478 e. The van der Waals surface area contributed by atoms with E-state index in [0.717, 1.165) is 0 Å². The first-order valence-electron chi connectivity index (χ1n) is 2.55. The Morgan fingerprint density at radius 2 is 2.22 bits per heavy atom. The van der Waals surface area contributed by atoms with Crippen LogP contribution in [0.2, 0.25) is 0 Å². The molecule has 0 aliphatic rings. The molecule has 4 heteroatoms. The zero-order valence-electron chi connectivity index (χ0n) is 4.88. The van der Waals surface area contributed by atoms with Crippen molar-refractivity contribution in [1.82, 2.24) is 0 Å². The number of aromatic hydroxyl groups is 1. The summed E-state index contributed by atoms with van der Waals surface area (Å²) in [6.45, 7) is 1.74. The molecule has 0 unspecified atom stereocenters. The fourth-order valence-corrected chi connectivity index (χ4v) is 0.524. The van der Waals surface area contributed by atoms with Crippen molar-refractivity contribution in [2.45, 2.75) is 13.3 Å². The molecule has 1 aromatic rings. The van der Waals surface area contributed by atoms with Crippen LogP contribution in [-0.4, -0.2) is 5.11 Å². The highest BCUT2D eigenvalue weighted by molar-refractivity contribution is 5.06. The van der Waals surface area contributed by atoms with Crippen LogP contribution in [0, 0.1) is 0 Å². The minimum Gasteiger partial charge on any atom is -0.478 e. The Hall–Kier alpha value is -1.19. The van der Waals surface area contributed by atoms with Gasteiger partial charge in [-0.1, -0.05) is 6.92 Å². The Morgan fingerprint density at radius 3 is 2.44 bits per heavy atom. The molecular weight excluding hydrogens is 124 g/mol. The zero-order valence-corrected chi connectivity index (χ0v) is 4.88. The van der Waals surface area contributed by atoms with Crippen molar-refractivity contribution in [3.8, 4) is 5.95 Å². The molecule has 0 radical (unpaired) electrons. The van der Waals surface area contributed by atoms with Gasteiger partial charge in [0.25, 0.3) is 0 Å². The van der Waals surface area contributed by atoms with Gasteiger partial charge in [-0.2, -0.15) is 0 Å². The van der Waals surface area contributed by atoms with E-state index in [1.54, 1.807) is 6.92 Å². The molecule has 1 N–H and O–H groups in total. The third-order valence-corrected chi connectivity index (χ3v) is 0.946. The first-order valence-corrected chi connectivity index (χ1v) is 2.55. The maximum atomic E-state index is 10.2. The van der Waals surface area contributed by atoms with E-state index in [0.29, 0.717) is 6.42 Å². The van der Waals surface area contributed by atoms with Crippen LogP contribution >= 0.6 is 0 Å². The summed E-state index contributed by atoms with van der Waals surface area (Å²) in [5, 5.41) is 8.67. The van der Waals surface area contributed by atoms with E-state index >= 15 is 0 Å². The highest BCUT2D eigenvalue weighted by atomic mass is 16.6. The van der Waals surface area contributed by atoms with Crippen molar-refractivity contribution in [1.29, 1.82) is 0 Å². The summed E-state index contributed by atoms with van der Waals surface area (Å²) in [5.41, 5.74) is 0. The van der Waals surface area contributed by atoms with Gasteiger partial charge in [-0.15, -0.1) is 0 Å². The average Bonchev–Trinajstić information content (AvgIpc) is 2.10. The maximum Gasteiger partial charge on any atom is 0.521 e. The normalized spacial score (nSPS) is 9.89. The molecule has 1 aromatic heterocycles. The van der Waals surface area contributed by atoms with Gasteiger partial charge in [0.05, 0.1) is 0 Å². The Balaban J connectivity index is 3.16. The van der Waals surface area contributed by atoms with E-state index < -0.39 is 11.8 Å². The van der Waals surface area contributed by atoms with E-state index in [9.17, 15) is 4.79 Å². The molecule has 0 atom stereocenters. The molecule has 0 amide bonds. The first kappa shape index (κ1) is 5.94. The van der Waals surface area contributed by atoms with Crippen LogP contribution in [0.4, 0.5) is 0 Å². The third kappa shape index (κ3) is 0.960. The van der Waals surface area contributed by atoms with Gasteiger partial charge in [-0.05, 0) is 0 Å². The summed E-state index contributed by atoms with van der Waals surface area (Å²) in [6, 6.07) is 0. The van der Waals surface area contributed by atoms with E-state index in [-0.39, 0.29) is 5.76 Å². The summed E-state index contributed by atoms with van der Waals surface area (Å²) in [5.74, 6) is -1.08. The predicted molar refractivity (Wildman–Crippen MR) is 28.3 cm³/mol. The molecule has 1 heterocycles. The minimum atomic E-state index is -0.857. The van der Waals surface area contributed by atoms with Crippen molar-refractivity contribution in [2.24, 2.45) is 0 Å². The number of rotatable bonds is 1. The molecule has 1 rings (SSSR count). The van der Waals surface area contributed by atoms with Gasteiger partial charge in [0.2, 0.25) is 0 Å². The van der Waals surface area contributed by atoms with Crippen LogP contribution in [0.25, 0.3) is 0 Å². The number of hydrogen-bond acceptors (Lipinski definition) is 4. The second kappa shape index (κ2) is 1.97. The van der Waals surface area contributed by atoms with Crippen LogP contribution in [0.3, 0.4) is 0 Å². The van der Waals surface area contributed by atoms with Crippen molar-refractivity contribution >= 4 is 0 Å². The predicted octanol–water partition coefficient (Wildman–Crippen LogP) is 0.501. The fourth-order valence-electron chi connectivity index (χ4n) is 0.524. The quantitative estimate of drug-likeness (QED) is 0.601. The van der Waals surface area contributed by atoms with E-state index in [2.05, 4.69) is 8.83 Å². The number of hydrogen-bond donors (Lipinski definition) is 1. The molecule has 0 fully saturated rings. The highest BCUT2D eigenvalue weighted by Crippen LogP contribution is 2.13. The van der Waals surface area contributed by atoms with Gasteiger partial charge in [0.15, 0.2) is 5.76 Å². The first-order chi connectivity index (χ1) is 4.24. The van der Waals surface area contributed by atoms with Crippen LogP contribution in [0.5, 0.6) is 5.95 Å². The third-order valence-electron chi connectivity index (χ3n) is 0.946. The molecule has 4 nitrogen and oxygen atoms in total.